The van der Waals surface area contributed by atoms with E-state index < -0.39 is 0 Å². The van der Waals surface area contributed by atoms with Crippen LogP contribution >= 0.6 is 0 Å². The van der Waals surface area contributed by atoms with Crippen molar-refractivity contribution in [2.45, 2.75) is 19.9 Å². The summed E-state index contributed by atoms with van der Waals surface area (Å²) in [6.07, 6.45) is 5.07. The van der Waals surface area contributed by atoms with Crippen LogP contribution in [-0.4, -0.2) is 56.5 Å². The Balaban J connectivity index is 1.33. The summed E-state index contributed by atoms with van der Waals surface area (Å²) < 4.78 is 1.65. The summed E-state index contributed by atoms with van der Waals surface area (Å²) in [7, 11) is 0. The molecule has 8 nitrogen and oxygen atoms in total. The van der Waals surface area contributed by atoms with Crippen LogP contribution in [-0.2, 0) is 0 Å². The number of benzene rings is 1. The van der Waals surface area contributed by atoms with Crippen molar-refractivity contribution in [2.75, 3.05) is 31.1 Å². The van der Waals surface area contributed by atoms with Crippen molar-refractivity contribution in [3.63, 3.8) is 0 Å². The van der Waals surface area contributed by atoms with Gasteiger partial charge in [-0.25, -0.2) is 9.97 Å². The number of nitrogens with zero attached hydrogens (tertiary/aromatic N) is 5. The Morgan fingerprint density at radius 3 is 2.65 bits per heavy atom. The van der Waals surface area contributed by atoms with Gasteiger partial charge in [0.2, 0.25) is 0 Å². The van der Waals surface area contributed by atoms with E-state index in [0.717, 1.165) is 29.8 Å². The second kappa shape index (κ2) is 7.54. The molecule has 31 heavy (non-hydrogen) atoms. The van der Waals surface area contributed by atoms with E-state index in [-0.39, 0.29) is 17.5 Å². The van der Waals surface area contributed by atoms with Crippen LogP contribution in [0, 0.1) is 0 Å². The number of hydrogen-bond acceptors (Lipinski definition) is 5. The lowest BCUT2D eigenvalue weighted by Gasteiger charge is -2.36. The van der Waals surface area contributed by atoms with Gasteiger partial charge in [0.15, 0.2) is 0 Å². The standard InChI is InChI=1S/C23H24N6O2/c1-15(2)29-14-26-20-12-16(5-6-18(20)23(29)31)27-8-10-28(11-9-27)22(30)19-13-25-21-17(19)4-3-7-24-21/h3-7,12-15H,8-11H2,1-2H3,(H,24,25). The van der Waals surface area contributed by atoms with Crippen molar-refractivity contribution in [3.8, 4) is 0 Å². The van der Waals surface area contributed by atoms with Crippen molar-refractivity contribution in [1.29, 1.82) is 0 Å². The number of hydrogen-bond donors (Lipinski definition) is 1. The number of amides is 1. The highest BCUT2D eigenvalue weighted by molar-refractivity contribution is 6.06. The Kier molecular flexibility index (Phi) is 4.69. The van der Waals surface area contributed by atoms with E-state index in [1.54, 1.807) is 23.3 Å². The molecule has 1 aliphatic rings. The molecule has 4 aromatic rings. The molecule has 1 aromatic carbocycles. The molecule has 0 radical (unpaired) electrons. The second-order valence-corrected chi connectivity index (χ2v) is 8.13. The summed E-state index contributed by atoms with van der Waals surface area (Å²) in [4.78, 5) is 41.6. The highest BCUT2D eigenvalue weighted by Gasteiger charge is 2.24. The molecule has 0 aliphatic carbocycles. The van der Waals surface area contributed by atoms with Gasteiger partial charge in [-0.2, -0.15) is 0 Å². The average Bonchev–Trinajstić information content (AvgIpc) is 3.22. The number of aromatic nitrogens is 4. The van der Waals surface area contributed by atoms with Crippen LogP contribution in [0.1, 0.15) is 30.2 Å². The van der Waals surface area contributed by atoms with Crippen molar-refractivity contribution < 1.29 is 4.79 Å². The van der Waals surface area contributed by atoms with Crippen LogP contribution in [0.3, 0.4) is 0 Å². The summed E-state index contributed by atoms with van der Waals surface area (Å²) in [5, 5.41) is 1.48. The molecule has 8 heteroatoms. The number of H-pyrrole nitrogens is 1. The smallest absolute Gasteiger partial charge is 0.261 e. The monoisotopic (exact) mass is 416 g/mol. The Bertz CT molecular complexity index is 1330. The zero-order valence-electron chi connectivity index (χ0n) is 17.6. The lowest BCUT2D eigenvalue weighted by Crippen LogP contribution is -2.48. The summed E-state index contributed by atoms with van der Waals surface area (Å²) in [6.45, 7) is 6.65. The van der Waals surface area contributed by atoms with Crippen LogP contribution in [0.2, 0.25) is 0 Å². The van der Waals surface area contributed by atoms with Gasteiger partial charge in [-0.15, -0.1) is 0 Å². The van der Waals surface area contributed by atoms with Crippen molar-refractivity contribution >= 4 is 33.5 Å². The highest BCUT2D eigenvalue weighted by Crippen LogP contribution is 2.23. The molecule has 4 heterocycles. The molecule has 5 rings (SSSR count). The van der Waals surface area contributed by atoms with E-state index in [9.17, 15) is 9.59 Å². The van der Waals surface area contributed by atoms with Crippen LogP contribution < -0.4 is 10.5 Å². The van der Waals surface area contributed by atoms with Crippen LogP contribution in [0.4, 0.5) is 5.69 Å². The third-order valence-electron chi connectivity index (χ3n) is 5.94. The Hall–Kier alpha value is -3.68. The van der Waals surface area contributed by atoms with Gasteiger partial charge in [-0.05, 0) is 44.2 Å². The number of anilines is 1. The predicted octanol–water partition coefficient (Wildman–Crippen LogP) is 2.82. The van der Waals surface area contributed by atoms with Gasteiger partial charge in [0, 0.05) is 55.7 Å². The molecule has 1 saturated heterocycles. The normalized spacial score (nSPS) is 14.7. The lowest BCUT2D eigenvalue weighted by molar-refractivity contribution is 0.0749. The number of carbonyl (C=O) groups is 1. The first-order valence-electron chi connectivity index (χ1n) is 10.5. The van der Waals surface area contributed by atoms with Gasteiger partial charge in [0.1, 0.15) is 5.65 Å². The minimum Gasteiger partial charge on any atom is -0.368 e. The molecular formula is C23H24N6O2. The molecule has 0 spiro atoms. The summed E-state index contributed by atoms with van der Waals surface area (Å²) in [5.41, 5.74) is 3.09. The molecule has 0 bridgehead atoms. The number of piperazine rings is 1. The zero-order chi connectivity index (χ0) is 21.5. The van der Waals surface area contributed by atoms with Gasteiger partial charge in [-0.3, -0.25) is 14.2 Å². The number of nitrogens with one attached hydrogen (secondary N) is 1. The number of rotatable bonds is 3. The van der Waals surface area contributed by atoms with Crippen LogP contribution in [0.15, 0.2) is 53.8 Å². The topological polar surface area (TPSA) is 87.1 Å². The lowest BCUT2D eigenvalue weighted by atomic mass is 10.1. The number of pyridine rings is 1. The first-order valence-corrected chi connectivity index (χ1v) is 10.5. The molecule has 1 fully saturated rings. The fourth-order valence-corrected chi connectivity index (χ4v) is 4.16. The maximum absolute atomic E-state index is 13.0. The van der Waals surface area contributed by atoms with Gasteiger partial charge in [0.25, 0.3) is 11.5 Å². The van der Waals surface area contributed by atoms with E-state index in [4.69, 9.17) is 0 Å². The van der Waals surface area contributed by atoms with Crippen LogP contribution in [0.5, 0.6) is 0 Å². The molecule has 0 unspecified atom stereocenters. The fourth-order valence-electron chi connectivity index (χ4n) is 4.16. The first kappa shape index (κ1) is 19.3. The Morgan fingerprint density at radius 1 is 1.06 bits per heavy atom. The fraction of sp³-hybridized carbons (Fsp3) is 0.304. The molecule has 1 amide bonds. The van der Waals surface area contributed by atoms with Gasteiger partial charge < -0.3 is 14.8 Å². The van der Waals surface area contributed by atoms with Gasteiger partial charge >= 0.3 is 0 Å². The maximum atomic E-state index is 13.0. The number of aromatic amines is 1. The number of fused-ring (bicyclic) bond motifs is 2. The summed E-state index contributed by atoms with van der Waals surface area (Å²) >= 11 is 0. The Morgan fingerprint density at radius 2 is 1.87 bits per heavy atom. The molecule has 3 aromatic heterocycles. The van der Waals surface area contributed by atoms with E-state index in [1.165, 1.54) is 0 Å². The molecule has 0 saturated carbocycles. The summed E-state index contributed by atoms with van der Waals surface area (Å²) in [5.74, 6) is 0.0216. The SMILES string of the molecule is CC(C)n1cnc2cc(N3CCN(C(=O)c4c[nH]c5ncccc45)CC3)ccc2c1=O. The minimum atomic E-state index is -0.0183. The molecule has 1 N–H and O–H groups in total. The summed E-state index contributed by atoms with van der Waals surface area (Å²) in [6, 6.07) is 9.62. The molecular weight excluding hydrogens is 392 g/mol. The third kappa shape index (κ3) is 3.34. The van der Waals surface area contributed by atoms with E-state index in [2.05, 4.69) is 19.9 Å². The van der Waals surface area contributed by atoms with E-state index in [1.807, 2.05) is 49.1 Å². The van der Waals surface area contributed by atoms with Crippen molar-refractivity contribution in [1.82, 2.24) is 24.4 Å². The van der Waals surface area contributed by atoms with E-state index in [0.29, 0.717) is 29.6 Å². The molecule has 158 valence electrons. The quantitative estimate of drug-likeness (QED) is 0.555. The van der Waals surface area contributed by atoms with Gasteiger partial charge in [-0.1, -0.05) is 0 Å². The number of carbonyl (C=O) groups excluding carboxylic acids is 1. The largest absolute Gasteiger partial charge is 0.368 e. The average molecular weight is 416 g/mol. The van der Waals surface area contributed by atoms with Crippen LogP contribution in [0.25, 0.3) is 21.9 Å². The van der Waals surface area contributed by atoms with Gasteiger partial charge in [0.05, 0.1) is 22.8 Å². The van der Waals surface area contributed by atoms with Crippen molar-refractivity contribution in [2.24, 2.45) is 0 Å². The highest BCUT2D eigenvalue weighted by atomic mass is 16.2. The van der Waals surface area contributed by atoms with Crippen molar-refractivity contribution in [3.05, 3.63) is 65.0 Å². The molecule has 1 aliphatic heterocycles. The predicted molar refractivity (Wildman–Crippen MR) is 121 cm³/mol. The first-order chi connectivity index (χ1) is 15.0. The molecule has 0 atom stereocenters. The zero-order valence-corrected chi connectivity index (χ0v) is 17.6. The minimum absolute atomic E-state index is 0.0183. The second-order valence-electron chi connectivity index (χ2n) is 8.13. The Labute approximate surface area is 179 Å². The maximum Gasteiger partial charge on any atom is 0.261 e. The van der Waals surface area contributed by atoms with E-state index >= 15 is 0 Å². The third-order valence-corrected chi connectivity index (χ3v) is 5.94.